The molecular formula is C13H22N4O. The van der Waals surface area contributed by atoms with E-state index in [-0.39, 0.29) is 5.41 Å². The number of nitrogens with zero attached hydrogens (tertiary/aromatic N) is 3. The van der Waals surface area contributed by atoms with Crippen LogP contribution in [-0.2, 0) is 23.1 Å². The Morgan fingerprint density at radius 1 is 1.39 bits per heavy atom. The SMILES string of the molecule is CC1CCn2c(nnc2C2(CN)CCOCC2)C1. The lowest BCUT2D eigenvalue weighted by Gasteiger charge is -2.36. The molecule has 5 nitrogen and oxygen atoms in total. The predicted octanol–water partition coefficient (Wildman–Crippen LogP) is 0.867. The van der Waals surface area contributed by atoms with Crippen LogP contribution in [0.5, 0.6) is 0 Å². The third-order valence-corrected chi connectivity index (χ3v) is 4.52. The van der Waals surface area contributed by atoms with Gasteiger partial charge >= 0.3 is 0 Å². The van der Waals surface area contributed by atoms with E-state index >= 15 is 0 Å². The first-order valence-corrected chi connectivity index (χ1v) is 6.95. The van der Waals surface area contributed by atoms with Gasteiger partial charge in [0, 0.05) is 38.1 Å². The molecule has 3 rings (SSSR count). The van der Waals surface area contributed by atoms with E-state index in [1.165, 1.54) is 6.42 Å². The highest BCUT2D eigenvalue weighted by molar-refractivity contribution is 5.14. The zero-order chi connectivity index (χ0) is 12.6. The third-order valence-electron chi connectivity index (χ3n) is 4.52. The molecule has 1 atom stereocenters. The van der Waals surface area contributed by atoms with Gasteiger partial charge in [-0.25, -0.2) is 0 Å². The minimum atomic E-state index is -0.00984. The molecule has 2 N–H and O–H groups in total. The van der Waals surface area contributed by atoms with E-state index in [0.29, 0.717) is 6.54 Å². The summed E-state index contributed by atoms with van der Waals surface area (Å²) >= 11 is 0. The van der Waals surface area contributed by atoms with Crippen molar-refractivity contribution in [1.82, 2.24) is 14.8 Å². The fourth-order valence-corrected chi connectivity index (χ4v) is 3.16. The fourth-order valence-electron chi connectivity index (χ4n) is 3.16. The molecule has 18 heavy (non-hydrogen) atoms. The van der Waals surface area contributed by atoms with Crippen LogP contribution in [0.3, 0.4) is 0 Å². The summed E-state index contributed by atoms with van der Waals surface area (Å²) in [5.41, 5.74) is 6.04. The molecule has 1 aromatic rings. The second kappa shape index (κ2) is 4.63. The first-order chi connectivity index (χ1) is 8.75. The highest BCUT2D eigenvalue weighted by atomic mass is 16.5. The first-order valence-electron chi connectivity index (χ1n) is 6.95. The summed E-state index contributed by atoms with van der Waals surface area (Å²) in [6, 6.07) is 0. The Bertz CT molecular complexity index is 423. The molecule has 2 aliphatic heterocycles. The van der Waals surface area contributed by atoms with Crippen molar-refractivity contribution in [3.05, 3.63) is 11.6 Å². The molecule has 0 radical (unpaired) electrons. The molecule has 0 spiro atoms. The molecule has 1 unspecified atom stereocenters. The van der Waals surface area contributed by atoms with Gasteiger partial charge < -0.3 is 15.0 Å². The molecule has 0 bridgehead atoms. The standard InChI is InChI=1S/C13H22N4O/c1-10-2-5-17-11(8-10)15-16-12(17)13(9-14)3-6-18-7-4-13/h10H,2-9,14H2,1H3. The van der Waals surface area contributed by atoms with Gasteiger partial charge in [0.05, 0.1) is 0 Å². The Labute approximate surface area is 108 Å². The van der Waals surface area contributed by atoms with Gasteiger partial charge in [-0.15, -0.1) is 10.2 Å². The Morgan fingerprint density at radius 3 is 2.89 bits per heavy atom. The molecule has 100 valence electrons. The van der Waals surface area contributed by atoms with Crippen molar-refractivity contribution in [2.75, 3.05) is 19.8 Å². The molecule has 0 aliphatic carbocycles. The van der Waals surface area contributed by atoms with Crippen molar-refractivity contribution in [2.24, 2.45) is 11.7 Å². The van der Waals surface area contributed by atoms with Gasteiger partial charge in [0.25, 0.3) is 0 Å². The number of ether oxygens (including phenoxy) is 1. The molecule has 3 heterocycles. The van der Waals surface area contributed by atoms with Crippen LogP contribution in [-0.4, -0.2) is 34.5 Å². The van der Waals surface area contributed by atoms with E-state index in [4.69, 9.17) is 10.5 Å². The number of aromatic nitrogens is 3. The molecule has 0 amide bonds. The molecular weight excluding hydrogens is 228 g/mol. The van der Waals surface area contributed by atoms with Gasteiger partial charge in [-0.05, 0) is 25.2 Å². The van der Waals surface area contributed by atoms with Gasteiger partial charge in [0.1, 0.15) is 11.6 Å². The maximum absolute atomic E-state index is 6.05. The summed E-state index contributed by atoms with van der Waals surface area (Å²) in [5, 5.41) is 8.87. The van der Waals surface area contributed by atoms with E-state index < -0.39 is 0 Å². The molecule has 5 heteroatoms. The van der Waals surface area contributed by atoms with Crippen molar-refractivity contribution < 1.29 is 4.74 Å². The fraction of sp³-hybridized carbons (Fsp3) is 0.846. The van der Waals surface area contributed by atoms with E-state index in [2.05, 4.69) is 21.7 Å². The highest BCUT2D eigenvalue weighted by Crippen LogP contribution is 2.34. The smallest absolute Gasteiger partial charge is 0.140 e. The lowest BCUT2D eigenvalue weighted by Crippen LogP contribution is -2.43. The van der Waals surface area contributed by atoms with E-state index in [0.717, 1.165) is 56.6 Å². The Hall–Kier alpha value is -0.940. The molecule has 0 saturated carbocycles. The van der Waals surface area contributed by atoms with Crippen LogP contribution in [0.4, 0.5) is 0 Å². The van der Waals surface area contributed by atoms with E-state index in [9.17, 15) is 0 Å². The second-order valence-electron chi connectivity index (χ2n) is 5.79. The third kappa shape index (κ3) is 1.86. The van der Waals surface area contributed by atoms with E-state index in [1.807, 2.05) is 0 Å². The quantitative estimate of drug-likeness (QED) is 0.845. The minimum absolute atomic E-state index is 0.00984. The zero-order valence-electron chi connectivity index (χ0n) is 11.1. The van der Waals surface area contributed by atoms with Crippen LogP contribution in [0.2, 0.25) is 0 Å². The highest BCUT2D eigenvalue weighted by Gasteiger charge is 2.39. The van der Waals surface area contributed by atoms with Crippen molar-refractivity contribution >= 4 is 0 Å². The molecule has 2 aliphatic rings. The van der Waals surface area contributed by atoms with Crippen LogP contribution >= 0.6 is 0 Å². The molecule has 1 fully saturated rings. The second-order valence-corrected chi connectivity index (χ2v) is 5.79. The summed E-state index contributed by atoms with van der Waals surface area (Å²) in [6.07, 6.45) is 4.20. The Kier molecular flexibility index (Phi) is 3.11. The monoisotopic (exact) mass is 250 g/mol. The van der Waals surface area contributed by atoms with Crippen LogP contribution in [0.1, 0.15) is 37.8 Å². The van der Waals surface area contributed by atoms with Gasteiger partial charge in [0.15, 0.2) is 0 Å². The molecule has 1 aromatic heterocycles. The average molecular weight is 250 g/mol. The van der Waals surface area contributed by atoms with Crippen molar-refractivity contribution in [3.63, 3.8) is 0 Å². The summed E-state index contributed by atoms with van der Waals surface area (Å²) in [7, 11) is 0. The van der Waals surface area contributed by atoms with Crippen LogP contribution in [0.15, 0.2) is 0 Å². The predicted molar refractivity (Wildman–Crippen MR) is 68.3 cm³/mol. The normalized spacial score (nSPS) is 26.9. The zero-order valence-corrected chi connectivity index (χ0v) is 11.1. The lowest BCUT2D eigenvalue weighted by atomic mass is 9.79. The summed E-state index contributed by atoms with van der Waals surface area (Å²) in [5.74, 6) is 2.97. The van der Waals surface area contributed by atoms with Crippen LogP contribution in [0, 0.1) is 5.92 Å². The summed E-state index contributed by atoms with van der Waals surface area (Å²) in [6.45, 7) is 5.54. The van der Waals surface area contributed by atoms with Gasteiger partial charge in [-0.1, -0.05) is 6.92 Å². The van der Waals surface area contributed by atoms with Crippen molar-refractivity contribution in [1.29, 1.82) is 0 Å². The Morgan fingerprint density at radius 2 is 2.17 bits per heavy atom. The molecule has 1 saturated heterocycles. The van der Waals surface area contributed by atoms with Crippen molar-refractivity contribution in [2.45, 2.75) is 44.6 Å². The molecule has 0 aromatic carbocycles. The summed E-state index contributed by atoms with van der Waals surface area (Å²) in [4.78, 5) is 0. The van der Waals surface area contributed by atoms with E-state index in [1.54, 1.807) is 0 Å². The van der Waals surface area contributed by atoms with Crippen LogP contribution in [0.25, 0.3) is 0 Å². The van der Waals surface area contributed by atoms with Crippen LogP contribution < -0.4 is 5.73 Å². The van der Waals surface area contributed by atoms with Gasteiger partial charge in [-0.2, -0.15) is 0 Å². The minimum Gasteiger partial charge on any atom is -0.381 e. The number of hydrogen-bond acceptors (Lipinski definition) is 4. The number of hydrogen-bond donors (Lipinski definition) is 1. The topological polar surface area (TPSA) is 66.0 Å². The lowest BCUT2D eigenvalue weighted by molar-refractivity contribution is 0.0482. The Balaban J connectivity index is 1.96. The number of fused-ring (bicyclic) bond motifs is 1. The van der Waals surface area contributed by atoms with Gasteiger partial charge in [0.2, 0.25) is 0 Å². The number of nitrogens with two attached hydrogens (primary N) is 1. The van der Waals surface area contributed by atoms with Crippen molar-refractivity contribution in [3.8, 4) is 0 Å². The largest absolute Gasteiger partial charge is 0.381 e. The first kappa shape index (κ1) is 12.1. The summed E-state index contributed by atoms with van der Waals surface area (Å²) < 4.78 is 7.79. The van der Waals surface area contributed by atoms with Gasteiger partial charge in [-0.3, -0.25) is 0 Å². The number of rotatable bonds is 2. The maximum atomic E-state index is 6.05. The maximum Gasteiger partial charge on any atom is 0.140 e. The average Bonchev–Trinajstić information content (AvgIpc) is 2.83.